The Hall–Kier alpha value is -2.88. The van der Waals surface area contributed by atoms with Gasteiger partial charge in [0.25, 0.3) is 0 Å². The summed E-state index contributed by atoms with van der Waals surface area (Å²) in [4.78, 5) is 23.4. The van der Waals surface area contributed by atoms with Crippen LogP contribution in [-0.4, -0.2) is 16.9 Å². The Balaban J connectivity index is 2.05. The van der Waals surface area contributed by atoms with Crippen molar-refractivity contribution in [3.8, 4) is 5.75 Å². The number of aromatic nitrogens is 1. The van der Waals surface area contributed by atoms with Crippen molar-refractivity contribution in [2.24, 2.45) is 0 Å². The molecule has 0 bridgehead atoms. The molecule has 0 saturated heterocycles. The summed E-state index contributed by atoms with van der Waals surface area (Å²) < 4.78 is 6.67. The van der Waals surface area contributed by atoms with Crippen LogP contribution in [0.3, 0.4) is 0 Å². The number of aryl methyl sites for hydroxylation is 1. The van der Waals surface area contributed by atoms with Crippen molar-refractivity contribution in [2.75, 3.05) is 0 Å². The first kappa shape index (κ1) is 13.1. The van der Waals surface area contributed by atoms with Crippen molar-refractivity contribution in [1.29, 1.82) is 0 Å². The molecule has 1 heterocycles. The molecule has 4 heteroatoms. The van der Waals surface area contributed by atoms with Gasteiger partial charge in [-0.3, -0.25) is 9.36 Å². The van der Waals surface area contributed by atoms with Gasteiger partial charge < -0.3 is 4.74 Å². The Morgan fingerprint density at radius 3 is 2.62 bits per heavy atom. The molecule has 0 aliphatic carbocycles. The van der Waals surface area contributed by atoms with E-state index in [0.717, 1.165) is 17.2 Å². The summed E-state index contributed by atoms with van der Waals surface area (Å²) >= 11 is 0. The lowest BCUT2D eigenvalue weighted by Gasteiger charge is -2.06. The van der Waals surface area contributed by atoms with Crippen molar-refractivity contribution < 1.29 is 14.3 Å². The minimum absolute atomic E-state index is 0.463. The highest BCUT2D eigenvalue weighted by Crippen LogP contribution is 2.22. The average molecular weight is 279 g/mol. The Morgan fingerprint density at radius 2 is 1.90 bits per heavy atom. The molecular formula is C17H13NO3. The van der Waals surface area contributed by atoms with Crippen LogP contribution in [0.25, 0.3) is 10.9 Å². The highest BCUT2D eigenvalue weighted by atomic mass is 16.6. The van der Waals surface area contributed by atoms with E-state index in [2.05, 4.69) is 0 Å². The summed E-state index contributed by atoms with van der Waals surface area (Å²) in [6.07, 6.45) is 1.71. The van der Waals surface area contributed by atoms with E-state index >= 15 is 0 Å². The summed E-state index contributed by atoms with van der Waals surface area (Å²) in [7, 11) is 0. The van der Waals surface area contributed by atoms with Crippen molar-refractivity contribution in [1.82, 2.24) is 4.57 Å². The molecule has 0 spiro atoms. The van der Waals surface area contributed by atoms with Crippen molar-refractivity contribution in [3.63, 3.8) is 0 Å². The molecular weight excluding hydrogens is 266 g/mol. The third kappa shape index (κ3) is 2.43. The number of hydrogen-bond acceptors (Lipinski definition) is 3. The van der Waals surface area contributed by atoms with Crippen molar-refractivity contribution >= 4 is 23.3 Å². The van der Waals surface area contributed by atoms with Gasteiger partial charge in [0.05, 0.1) is 5.52 Å². The van der Waals surface area contributed by atoms with E-state index in [1.807, 2.05) is 31.2 Å². The quantitative estimate of drug-likeness (QED) is 0.670. The summed E-state index contributed by atoms with van der Waals surface area (Å²) in [6, 6.07) is 14.4. The molecule has 0 saturated carbocycles. The lowest BCUT2D eigenvalue weighted by molar-refractivity contribution is 0.112. The lowest BCUT2D eigenvalue weighted by atomic mass is 10.1. The van der Waals surface area contributed by atoms with Crippen LogP contribution in [0.5, 0.6) is 5.75 Å². The largest absolute Gasteiger partial charge is 0.423 e. The highest BCUT2D eigenvalue weighted by molar-refractivity contribution is 6.01. The first-order valence-corrected chi connectivity index (χ1v) is 6.53. The molecule has 4 nitrogen and oxygen atoms in total. The maximum absolute atomic E-state index is 12.3. The van der Waals surface area contributed by atoms with E-state index in [0.29, 0.717) is 16.8 Å². The number of carbonyl (C=O) groups is 2. The molecule has 0 amide bonds. The molecule has 0 unspecified atom stereocenters. The van der Waals surface area contributed by atoms with E-state index < -0.39 is 6.09 Å². The summed E-state index contributed by atoms with van der Waals surface area (Å²) in [5, 5.41) is 0.737. The van der Waals surface area contributed by atoms with E-state index in [-0.39, 0.29) is 0 Å². The summed E-state index contributed by atoms with van der Waals surface area (Å²) in [6.45, 7) is 1.93. The van der Waals surface area contributed by atoms with E-state index in [9.17, 15) is 9.59 Å². The van der Waals surface area contributed by atoms with Crippen LogP contribution in [0.2, 0.25) is 0 Å². The molecule has 21 heavy (non-hydrogen) atoms. The minimum atomic E-state index is -0.537. The van der Waals surface area contributed by atoms with Crippen LogP contribution in [0.15, 0.2) is 54.7 Å². The van der Waals surface area contributed by atoms with Gasteiger partial charge in [0.15, 0.2) is 6.29 Å². The van der Waals surface area contributed by atoms with Gasteiger partial charge in [-0.05, 0) is 30.7 Å². The predicted molar refractivity (Wildman–Crippen MR) is 79.9 cm³/mol. The minimum Gasteiger partial charge on any atom is -0.410 e. The zero-order valence-electron chi connectivity index (χ0n) is 11.4. The molecule has 0 fully saturated rings. The zero-order valence-corrected chi connectivity index (χ0v) is 11.4. The molecule has 0 atom stereocenters. The first-order chi connectivity index (χ1) is 10.2. The van der Waals surface area contributed by atoms with Gasteiger partial charge in [0, 0.05) is 17.1 Å². The van der Waals surface area contributed by atoms with Gasteiger partial charge in [-0.1, -0.05) is 30.3 Å². The fraction of sp³-hybridized carbons (Fsp3) is 0.0588. The van der Waals surface area contributed by atoms with Gasteiger partial charge in [-0.15, -0.1) is 0 Å². The monoisotopic (exact) mass is 279 g/mol. The molecule has 0 aliphatic rings. The van der Waals surface area contributed by atoms with Crippen LogP contribution < -0.4 is 4.74 Å². The molecule has 1 aromatic heterocycles. The number of para-hydroxylation sites is 1. The Bertz CT molecular complexity index is 819. The number of nitrogens with zero attached hydrogens (tertiary/aromatic N) is 1. The number of fused-ring (bicyclic) bond motifs is 1. The predicted octanol–water partition coefficient (Wildman–Crippen LogP) is 3.81. The number of benzene rings is 2. The van der Waals surface area contributed by atoms with E-state index in [4.69, 9.17) is 4.74 Å². The number of carbonyl (C=O) groups excluding carboxylic acids is 2. The van der Waals surface area contributed by atoms with Gasteiger partial charge in [0.1, 0.15) is 5.75 Å². The van der Waals surface area contributed by atoms with Crippen LogP contribution in [-0.2, 0) is 0 Å². The molecule has 0 N–H and O–H groups in total. The van der Waals surface area contributed by atoms with Gasteiger partial charge >= 0.3 is 6.09 Å². The average Bonchev–Trinajstić information content (AvgIpc) is 2.86. The second kappa shape index (κ2) is 5.25. The second-order valence-electron chi connectivity index (χ2n) is 4.77. The van der Waals surface area contributed by atoms with Crippen LogP contribution >= 0.6 is 0 Å². The van der Waals surface area contributed by atoms with Crippen molar-refractivity contribution in [3.05, 3.63) is 65.9 Å². The second-order valence-corrected chi connectivity index (χ2v) is 4.77. The maximum Gasteiger partial charge on any atom is 0.423 e. The number of aldehydes is 1. The third-order valence-electron chi connectivity index (χ3n) is 3.26. The number of rotatable bonds is 2. The van der Waals surface area contributed by atoms with E-state index in [1.165, 1.54) is 10.8 Å². The normalized spacial score (nSPS) is 10.5. The summed E-state index contributed by atoms with van der Waals surface area (Å²) in [5.74, 6) is 0.463. The number of hydrogen-bond donors (Lipinski definition) is 0. The zero-order chi connectivity index (χ0) is 14.8. The maximum atomic E-state index is 12.3. The molecule has 3 aromatic rings. The fourth-order valence-corrected chi connectivity index (χ4v) is 2.25. The fourth-order valence-electron chi connectivity index (χ4n) is 2.25. The van der Waals surface area contributed by atoms with Crippen LogP contribution in [0.4, 0.5) is 4.79 Å². The van der Waals surface area contributed by atoms with Crippen molar-refractivity contribution in [2.45, 2.75) is 6.92 Å². The highest BCUT2D eigenvalue weighted by Gasteiger charge is 2.15. The topological polar surface area (TPSA) is 48.3 Å². The van der Waals surface area contributed by atoms with Gasteiger partial charge in [-0.2, -0.15) is 0 Å². The first-order valence-electron chi connectivity index (χ1n) is 6.53. The van der Waals surface area contributed by atoms with Crippen LogP contribution in [0, 0.1) is 6.92 Å². The Morgan fingerprint density at radius 1 is 1.14 bits per heavy atom. The molecule has 0 radical (unpaired) electrons. The smallest absolute Gasteiger partial charge is 0.410 e. The Kier molecular flexibility index (Phi) is 3.28. The van der Waals surface area contributed by atoms with Crippen LogP contribution in [0.1, 0.15) is 15.9 Å². The Labute approximate surface area is 121 Å². The molecule has 104 valence electrons. The SMILES string of the molecule is Cc1ccc2c(C=O)cn(C(=O)Oc3ccccc3)c2c1. The van der Waals surface area contributed by atoms with Gasteiger partial charge in [-0.25, -0.2) is 4.79 Å². The number of ether oxygens (including phenoxy) is 1. The lowest BCUT2D eigenvalue weighted by Crippen LogP contribution is -2.15. The molecule has 3 rings (SSSR count). The molecule has 0 aliphatic heterocycles. The third-order valence-corrected chi connectivity index (χ3v) is 3.26. The standard InChI is InChI=1S/C17H13NO3/c1-12-7-8-15-13(11-19)10-18(16(15)9-12)17(20)21-14-5-3-2-4-6-14/h2-11H,1H3. The van der Waals surface area contributed by atoms with Gasteiger partial charge in [0.2, 0.25) is 0 Å². The van der Waals surface area contributed by atoms with E-state index in [1.54, 1.807) is 24.3 Å². The summed E-state index contributed by atoms with van der Waals surface area (Å²) in [5.41, 5.74) is 2.14. The molecule has 2 aromatic carbocycles.